The molecular formula is C2I2N2O. The Morgan fingerprint density at radius 1 is 1.14 bits per heavy atom. The molecule has 3 nitrogen and oxygen atoms in total. The van der Waals surface area contributed by atoms with E-state index in [4.69, 9.17) is 4.42 Å². The summed E-state index contributed by atoms with van der Waals surface area (Å²) in [7, 11) is 0. The maximum absolute atomic E-state index is 4.83. The van der Waals surface area contributed by atoms with Crippen LogP contribution in [-0.2, 0) is 0 Å². The zero-order valence-corrected chi connectivity index (χ0v) is 7.37. The van der Waals surface area contributed by atoms with E-state index in [1.165, 1.54) is 0 Å². The molecule has 0 spiro atoms. The number of halogens is 2. The summed E-state index contributed by atoms with van der Waals surface area (Å²) < 4.78 is 6.00. The monoisotopic (exact) mass is 322 g/mol. The molecule has 0 radical (unpaired) electrons. The van der Waals surface area contributed by atoms with Crippen molar-refractivity contribution in [2.75, 3.05) is 0 Å². The lowest BCUT2D eigenvalue weighted by molar-refractivity contribution is 0.494. The second-order valence-corrected chi connectivity index (χ2v) is 2.65. The van der Waals surface area contributed by atoms with Gasteiger partial charge in [0.05, 0.1) is 0 Å². The Bertz CT molecular complexity index is 146. The summed E-state index contributed by atoms with van der Waals surface area (Å²) in [5.41, 5.74) is 0. The summed E-state index contributed by atoms with van der Waals surface area (Å²) in [6, 6.07) is 0. The van der Waals surface area contributed by atoms with Gasteiger partial charge in [0.2, 0.25) is 0 Å². The lowest BCUT2D eigenvalue weighted by atomic mass is 11.5. The molecule has 0 unspecified atom stereocenters. The van der Waals surface area contributed by atoms with E-state index in [1.54, 1.807) is 0 Å². The summed E-state index contributed by atoms with van der Waals surface area (Å²) in [5, 5.41) is 7.16. The maximum atomic E-state index is 4.83. The van der Waals surface area contributed by atoms with Gasteiger partial charge in [-0.3, -0.25) is 0 Å². The Hall–Kier alpha value is 0.600. The van der Waals surface area contributed by atoms with Crippen LogP contribution < -0.4 is 0 Å². The average molecular weight is 322 g/mol. The van der Waals surface area contributed by atoms with E-state index in [0.717, 1.165) is 0 Å². The van der Waals surface area contributed by atoms with Crippen molar-refractivity contribution in [1.82, 2.24) is 10.2 Å². The molecule has 0 bridgehead atoms. The highest BCUT2D eigenvalue weighted by Gasteiger charge is 1.93. The largest absolute Gasteiger partial charge is 0.407 e. The van der Waals surface area contributed by atoms with Gasteiger partial charge in [0.1, 0.15) is 0 Å². The van der Waals surface area contributed by atoms with E-state index in [2.05, 4.69) is 10.2 Å². The van der Waals surface area contributed by atoms with Crippen LogP contribution in [-0.4, -0.2) is 10.2 Å². The normalized spacial score (nSPS) is 9.43. The molecule has 0 amide bonds. The third-order valence-corrected chi connectivity index (χ3v) is 1.25. The summed E-state index contributed by atoms with van der Waals surface area (Å²) in [5.74, 6) is 0. The van der Waals surface area contributed by atoms with Crippen molar-refractivity contribution in [2.24, 2.45) is 0 Å². The van der Waals surface area contributed by atoms with Crippen LogP contribution in [0.25, 0.3) is 0 Å². The minimum atomic E-state index is 0.585. The second kappa shape index (κ2) is 2.25. The van der Waals surface area contributed by atoms with Crippen molar-refractivity contribution in [3.8, 4) is 0 Å². The van der Waals surface area contributed by atoms with Crippen molar-refractivity contribution in [3.05, 3.63) is 7.79 Å². The van der Waals surface area contributed by atoms with Crippen molar-refractivity contribution in [2.45, 2.75) is 0 Å². The fourth-order valence-electron chi connectivity index (χ4n) is 0.189. The molecule has 38 valence electrons. The van der Waals surface area contributed by atoms with Crippen molar-refractivity contribution in [3.63, 3.8) is 0 Å². The number of hydrogen-bond acceptors (Lipinski definition) is 3. The molecule has 1 aromatic rings. The predicted octanol–water partition coefficient (Wildman–Crippen LogP) is 1.28. The molecule has 1 aromatic heterocycles. The second-order valence-electron chi connectivity index (χ2n) is 0.808. The van der Waals surface area contributed by atoms with Crippen molar-refractivity contribution in [1.29, 1.82) is 0 Å². The van der Waals surface area contributed by atoms with Gasteiger partial charge in [0.25, 0.3) is 7.79 Å². The molecule has 0 atom stereocenters. The highest BCUT2D eigenvalue weighted by Crippen LogP contribution is 2.03. The number of aromatic nitrogens is 2. The Kier molecular flexibility index (Phi) is 1.84. The maximum Gasteiger partial charge on any atom is 0.278 e. The molecule has 1 heterocycles. The van der Waals surface area contributed by atoms with Crippen LogP contribution >= 0.6 is 45.2 Å². The van der Waals surface area contributed by atoms with Crippen LogP contribution in [0, 0.1) is 7.79 Å². The Morgan fingerprint density at radius 2 is 1.57 bits per heavy atom. The first kappa shape index (κ1) is 5.73. The summed E-state index contributed by atoms with van der Waals surface area (Å²) in [4.78, 5) is 0. The number of hydrogen-bond donors (Lipinski definition) is 0. The first-order chi connectivity index (χ1) is 3.29. The Labute approximate surface area is 67.2 Å². The zero-order chi connectivity index (χ0) is 5.28. The molecule has 0 aliphatic heterocycles. The van der Waals surface area contributed by atoms with Crippen molar-refractivity contribution < 1.29 is 4.42 Å². The van der Waals surface area contributed by atoms with E-state index in [9.17, 15) is 0 Å². The van der Waals surface area contributed by atoms with E-state index < -0.39 is 0 Å². The molecular weight excluding hydrogens is 322 g/mol. The van der Waals surface area contributed by atoms with Gasteiger partial charge in [0.15, 0.2) is 0 Å². The van der Waals surface area contributed by atoms with E-state index in [-0.39, 0.29) is 0 Å². The molecule has 0 saturated carbocycles. The molecule has 0 aliphatic rings. The molecule has 1 rings (SSSR count). The van der Waals surface area contributed by atoms with Gasteiger partial charge in [0, 0.05) is 45.2 Å². The fourth-order valence-corrected chi connectivity index (χ4v) is 1.24. The van der Waals surface area contributed by atoms with Crippen LogP contribution in [0.3, 0.4) is 0 Å². The standard InChI is InChI=1S/C2I2N2O/c3-1-5-6-2(4)7-1. The number of rotatable bonds is 0. The van der Waals surface area contributed by atoms with E-state index >= 15 is 0 Å². The van der Waals surface area contributed by atoms with Crippen molar-refractivity contribution >= 4 is 45.2 Å². The molecule has 0 saturated heterocycles. The number of nitrogens with zero attached hydrogens (tertiary/aromatic N) is 2. The third kappa shape index (κ3) is 1.52. The van der Waals surface area contributed by atoms with E-state index in [0.29, 0.717) is 7.79 Å². The van der Waals surface area contributed by atoms with Crippen LogP contribution in [0.1, 0.15) is 0 Å². The molecule has 0 fully saturated rings. The molecule has 7 heavy (non-hydrogen) atoms. The summed E-state index contributed by atoms with van der Waals surface area (Å²) >= 11 is 3.91. The fraction of sp³-hybridized carbons (Fsp3) is 0. The van der Waals surface area contributed by atoms with Gasteiger partial charge in [-0.25, -0.2) is 0 Å². The van der Waals surface area contributed by atoms with Gasteiger partial charge in [-0.15, -0.1) is 10.2 Å². The highest BCUT2D eigenvalue weighted by molar-refractivity contribution is 14.1. The van der Waals surface area contributed by atoms with Crippen LogP contribution in [0.15, 0.2) is 4.42 Å². The van der Waals surface area contributed by atoms with E-state index in [1.807, 2.05) is 45.2 Å². The zero-order valence-electron chi connectivity index (χ0n) is 3.06. The molecule has 0 aromatic carbocycles. The van der Waals surface area contributed by atoms with Gasteiger partial charge in [-0.2, -0.15) is 0 Å². The first-order valence-electron chi connectivity index (χ1n) is 1.43. The lowest BCUT2D eigenvalue weighted by Crippen LogP contribution is -1.66. The lowest BCUT2D eigenvalue weighted by Gasteiger charge is -1.66. The van der Waals surface area contributed by atoms with Crippen LogP contribution in [0.2, 0.25) is 0 Å². The quantitative estimate of drug-likeness (QED) is 0.676. The van der Waals surface area contributed by atoms with Gasteiger partial charge in [-0.1, -0.05) is 0 Å². The minimum Gasteiger partial charge on any atom is -0.407 e. The molecule has 0 aliphatic carbocycles. The van der Waals surface area contributed by atoms with Crippen LogP contribution in [0.5, 0.6) is 0 Å². The minimum absolute atomic E-state index is 0.585. The average Bonchev–Trinajstić information content (AvgIpc) is 1.87. The first-order valence-corrected chi connectivity index (χ1v) is 3.59. The predicted molar refractivity (Wildman–Crippen MR) is 39.7 cm³/mol. The Balaban J connectivity index is 3.04. The summed E-state index contributed by atoms with van der Waals surface area (Å²) in [6.45, 7) is 0. The highest BCUT2D eigenvalue weighted by atomic mass is 127. The Morgan fingerprint density at radius 3 is 1.71 bits per heavy atom. The summed E-state index contributed by atoms with van der Waals surface area (Å²) in [6.07, 6.45) is 0. The van der Waals surface area contributed by atoms with Gasteiger partial charge >= 0.3 is 0 Å². The molecule has 0 N–H and O–H groups in total. The topological polar surface area (TPSA) is 38.9 Å². The third-order valence-electron chi connectivity index (χ3n) is 0.376. The van der Waals surface area contributed by atoms with Gasteiger partial charge in [-0.05, 0) is 0 Å². The SMILES string of the molecule is Ic1nnc(I)o1. The molecule has 5 heteroatoms. The smallest absolute Gasteiger partial charge is 0.278 e. The van der Waals surface area contributed by atoms with Gasteiger partial charge < -0.3 is 4.42 Å². The van der Waals surface area contributed by atoms with Crippen LogP contribution in [0.4, 0.5) is 0 Å².